The number of carboxylic acid groups (broad SMARTS) is 1. The third kappa shape index (κ3) is 24.9. The van der Waals surface area contributed by atoms with Crippen molar-refractivity contribution in [3.05, 3.63) is 252 Å². The molecule has 0 bridgehead atoms. The number of carbonyl (C=O) groups excluding carboxylic acids is 3. The van der Waals surface area contributed by atoms with E-state index in [1.807, 2.05) is 102 Å². The van der Waals surface area contributed by atoms with Gasteiger partial charge in [0, 0.05) is 106 Å². The van der Waals surface area contributed by atoms with E-state index in [2.05, 4.69) is 117 Å². The molecule has 13 rings (SSSR count). The third-order valence-electron chi connectivity index (χ3n) is 20.8. The van der Waals surface area contributed by atoms with Crippen LogP contribution in [-0.2, 0) is 0 Å². The SMILES string of the molecule is CCN(CC)CCNC(=O)c1ccccc1Nc1c(Cl)cc(-c2c(C)noc2C)cc1Cl.CCN(CC)CCNC(=O)c1cccnc1Nc1c(Cl)cc(-c2c(C)noc2C)cc1Cl.Cc1noc(C)c1-c1cc(Cl)c(Nc2ccc([N+](=O)[O-])cc2C(=O)O)c(Cl)c1.Cc1noc(C)c1-c1cc(Cl)c(Nc2ccccc2C(=O)NCCN2CCN(C)CC2)c(Cl)c1. The van der Waals surface area contributed by atoms with Crippen LogP contribution in [0.25, 0.3) is 44.5 Å². The van der Waals surface area contributed by atoms with Crippen LogP contribution >= 0.6 is 92.8 Å². The molecule has 0 saturated carbocycles. The number of nitro benzene ring substituents is 1. The second kappa shape index (κ2) is 45.5. The molecule has 7 aromatic carbocycles. The monoisotopic (exact) mass is 1870 g/mol. The molecule has 1 aliphatic rings. The number of benzene rings is 7. The van der Waals surface area contributed by atoms with E-state index in [4.69, 9.17) is 111 Å². The van der Waals surface area contributed by atoms with Gasteiger partial charge >= 0.3 is 5.97 Å². The average Bonchev–Trinajstić information content (AvgIpc) is 1.77. The number of piperazine rings is 1. The van der Waals surface area contributed by atoms with E-state index in [0.29, 0.717) is 135 Å². The fourth-order valence-corrected chi connectivity index (χ4v) is 16.4. The van der Waals surface area contributed by atoms with Gasteiger partial charge in [-0.1, -0.05) is 165 Å². The van der Waals surface area contributed by atoms with Crippen LogP contribution in [0.2, 0.25) is 40.2 Å². The molecule has 0 radical (unpaired) electrons. The van der Waals surface area contributed by atoms with Gasteiger partial charge in [0.2, 0.25) is 0 Å². The van der Waals surface area contributed by atoms with Gasteiger partial charge in [0.05, 0.1) is 130 Å². The van der Waals surface area contributed by atoms with Crippen LogP contribution in [-0.4, -0.2) is 178 Å². The van der Waals surface area contributed by atoms with Crippen LogP contribution in [0.1, 0.15) is 115 Å². The molecule has 12 aromatic rings. The predicted octanol–water partition coefficient (Wildman–Crippen LogP) is 22.2. The number of aryl methyl sites for hydroxylation is 8. The van der Waals surface area contributed by atoms with Crippen LogP contribution < -0.4 is 37.2 Å². The number of nitro groups is 1. The number of amides is 3. The number of hydrogen-bond acceptors (Lipinski definition) is 23. The molecule has 0 aliphatic carbocycles. The van der Waals surface area contributed by atoms with Gasteiger partial charge < -0.3 is 75.1 Å². The number of carboxylic acids is 1. The highest BCUT2D eigenvalue weighted by molar-refractivity contribution is 6.42. The second-order valence-corrected chi connectivity index (χ2v) is 32.6. The molecular weight excluding hydrogens is 1780 g/mol. The Morgan fingerprint density at radius 2 is 0.746 bits per heavy atom. The number of non-ortho nitro benzene ring substituents is 1. The molecule has 36 heteroatoms. The zero-order valence-electron chi connectivity index (χ0n) is 71.6. The first-order valence-electron chi connectivity index (χ1n) is 40.3. The second-order valence-electron chi connectivity index (χ2n) is 29.3. The topological polar surface area (TPSA) is 346 Å². The summed E-state index contributed by atoms with van der Waals surface area (Å²) < 4.78 is 20.9. The van der Waals surface area contributed by atoms with Crippen molar-refractivity contribution in [2.45, 2.75) is 83.1 Å². The molecule has 1 saturated heterocycles. The molecule has 8 N–H and O–H groups in total. The first-order chi connectivity index (χ1) is 60.2. The van der Waals surface area contributed by atoms with Crippen molar-refractivity contribution in [1.82, 2.24) is 61.2 Å². The highest BCUT2D eigenvalue weighted by Crippen LogP contribution is 2.45. The van der Waals surface area contributed by atoms with E-state index < -0.39 is 10.9 Å². The van der Waals surface area contributed by atoms with Gasteiger partial charge in [-0.15, -0.1) is 0 Å². The Morgan fingerprint density at radius 1 is 0.429 bits per heavy atom. The van der Waals surface area contributed by atoms with E-state index in [-0.39, 0.29) is 50.4 Å². The van der Waals surface area contributed by atoms with Crippen LogP contribution in [0.4, 0.5) is 51.3 Å². The van der Waals surface area contributed by atoms with E-state index in [1.54, 1.807) is 68.6 Å². The minimum atomic E-state index is -1.33. The molecular formula is C90H97Cl8N17O11. The highest BCUT2D eigenvalue weighted by Gasteiger charge is 2.26. The lowest BCUT2D eigenvalue weighted by molar-refractivity contribution is -0.384. The zero-order chi connectivity index (χ0) is 91.3. The standard InChI is InChI=1S/C25H29Cl2N5O2.C24H28Cl2N4O2.C23H27Cl2N5O2.C18H13Cl2N3O5/c1-16-23(17(2)34-30-16)18-14-20(26)24(21(27)15-18)29-22-7-5-4-6-19(22)25(33)28-8-9-32-12-10-31(3)11-13-32;1-5-30(6-2)12-11-27-24(31)18-9-7-8-10-21(18)28-23-19(25)13-17(14-20(23)26)22-15(3)29-32-16(22)4;1-5-30(6-2)11-10-27-23(31)17-8-7-9-26-22(17)28-21-18(24)12-16(13-19(21)25)20-14(3)29-32-15(20)4;1-8-16(9(2)28-22-8)10-5-13(19)17(14(20)6-10)21-15-4-3-11(23(26)27)7-12(15)18(24)25/h4-7,14-15,29H,8-13H2,1-3H3,(H,28,33);7-10,13-14,28H,5-6,11-12H2,1-4H3,(H,27,31);7-9,12-13H,5-6,10-11H2,1-4H3,(H,26,28)(H,27,31);3-7,21H,1-2H3,(H,24,25). The summed E-state index contributed by atoms with van der Waals surface area (Å²) in [5.74, 6) is 1.22. The Bertz CT molecular complexity index is 5540. The molecule has 664 valence electrons. The van der Waals surface area contributed by atoms with Crippen LogP contribution in [0, 0.1) is 65.5 Å². The summed E-state index contributed by atoms with van der Waals surface area (Å²) in [7, 11) is 2.13. The number of nitrogens with one attached hydrogen (secondary N) is 7. The average molecular weight is 1880 g/mol. The quantitative estimate of drug-likeness (QED) is 0.0153. The van der Waals surface area contributed by atoms with E-state index in [0.717, 1.165) is 134 Å². The Hall–Kier alpha value is -10.8. The van der Waals surface area contributed by atoms with Crippen molar-refractivity contribution in [3.8, 4) is 44.5 Å². The summed E-state index contributed by atoms with van der Waals surface area (Å²) >= 11 is 52.2. The Morgan fingerprint density at radius 3 is 1.07 bits per heavy atom. The van der Waals surface area contributed by atoms with Crippen LogP contribution in [0.3, 0.4) is 0 Å². The minimum Gasteiger partial charge on any atom is -0.478 e. The number of para-hydroxylation sites is 2. The lowest BCUT2D eigenvalue weighted by Gasteiger charge is -2.32. The van der Waals surface area contributed by atoms with Crippen molar-refractivity contribution < 1.29 is 47.3 Å². The van der Waals surface area contributed by atoms with Crippen molar-refractivity contribution in [2.75, 3.05) is 120 Å². The number of aromatic nitrogens is 5. The number of halogens is 8. The van der Waals surface area contributed by atoms with Crippen molar-refractivity contribution in [3.63, 3.8) is 0 Å². The van der Waals surface area contributed by atoms with Crippen LogP contribution in [0.5, 0.6) is 0 Å². The minimum absolute atomic E-state index is 0.118. The van der Waals surface area contributed by atoms with E-state index >= 15 is 0 Å². The number of carbonyl (C=O) groups is 4. The van der Waals surface area contributed by atoms with Gasteiger partial charge in [-0.3, -0.25) is 29.4 Å². The normalized spacial score (nSPS) is 12.0. The third-order valence-corrected chi connectivity index (χ3v) is 23.2. The predicted molar refractivity (Wildman–Crippen MR) is 503 cm³/mol. The molecule has 5 aromatic heterocycles. The first-order valence-corrected chi connectivity index (χ1v) is 43.4. The maximum absolute atomic E-state index is 12.9. The maximum atomic E-state index is 12.9. The lowest BCUT2D eigenvalue weighted by Crippen LogP contribution is -2.46. The number of hydrogen-bond donors (Lipinski definition) is 8. The molecule has 0 atom stereocenters. The summed E-state index contributed by atoms with van der Waals surface area (Å²) in [6.07, 6.45) is 1.61. The Balaban J connectivity index is 0.000000176. The van der Waals surface area contributed by atoms with Gasteiger partial charge in [-0.05, 0) is 202 Å². The number of nitrogens with zero attached hydrogens (tertiary/aromatic N) is 10. The Labute approximate surface area is 770 Å². The van der Waals surface area contributed by atoms with E-state index in [1.165, 1.54) is 12.1 Å². The zero-order valence-corrected chi connectivity index (χ0v) is 77.7. The van der Waals surface area contributed by atoms with Gasteiger partial charge in [0.25, 0.3) is 23.4 Å². The largest absolute Gasteiger partial charge is 0.478 e. The number of rotatable bonds is 30. The number of aromatic carboxylic acids is 1. The summed E-state index contributed by atoms with van der Waals surface area (Å²) in [5, 5.41) is 60.6. The smallest absolute Gasteiger partial charge is 0.338 e. The van der Waals surface area contributed by atoms with Crippen molar-refractivity contribution in [1.29, 1.82) is 0 Å². The van der Waals surface area contributed by atoms with Gasteiger partial charge in [-0.25, -0.2) is 9.78 Å². The van der Waals surface area contributed by atoms with Crippen LogP contribution in [0.15, 0.2) is 152 Å². The molecule has 0 unspecified atom stereocenters. The molecule has 3 amide bonds. The molecule has 126 heavy (non-hydrogen) atoms. The first kappa shape index (κ1) is 97.4. The summed E-state index contributed by atoms with van der Waals surface area (Å²) in [6, 6.07) is 35.6. The summed E-state index contributed by atoms with van der Waals surface area (Å²) in [4.78, 5) is 73.8. The van der Waals surface area contributed by atoms with Gasteiger partial charge in [-0.2, -0.15) is 0 Å². The highest BCUT2D eigenvalue weighted by atomic mass is 35.5. The van der Waals surface area contributed by atoms with Crippen molar-refractivity contribution >= 4 is 168 Å². The fourth-order valence-electron chi connectivity index (χ4n) is 14.1. The molecule has 6 heterocycles. The van der Waals surface area contributed by atoms with Gasteiger partial charge in [0.1, 0.15) is 28.9 Å². The maximum Gasteiger partial charge on any atom is 0.338 e. The summed E-state index contributed by atoms with van der Waals surface area (Å²) in [5.41, 5.74) is 13.5. The molecule has 1 fully saturated rings. The van der Waals surface area contributed by atoms with Crippen molar-refractivity contribution in [2.24, 2.45) is 0 Å². The molecule has 28 nitrogen and oxygen atoms in total. The molecule has 0 spiro atoms. The number of pyridine rings is 1. The molecule has 1 aliphatic heterocycles. The number of anilines is 8. The summed E-state index contributed by atoms with van der Waals surface area (Å²) in [6.45, 7) is 35.1. The van der Waals surface area contributed by atoms with Gasteiger partial charge in [0.15, 0.2) is 0 Å². The number of likely N-dealkylation sites (N-methyl/N-ethyl adjacent to an activating group) is 3. The lowest BCUT2D eigenvalue weighted by atomic mass is 10.0. The Kier molecular flexibility index (Phi) is 35.2. The fraction of sp³-hybridized carbons (Fsp3) is 0.300. The van der Waals surface area contributed by atoms with E-state index in [9.17, 15) is 34.4 Å².